The Bertz CT molecular complexity index is 1450. The van der Waals surface area contributed by atoms with E-state index in [4.69, 9.17) is 0 Å². The molecule has 3 aliphatic rings. The lowest BCUT2D eigenvalue weighted by molar-refractivity contribution is 0.0663. The molecule has 2 fully saturated rings. The van der Waals surface area contributed by atoms with E-state index in [1.54, 1.807) is 45.0 Å². The van der Waals surface area contributed by atoms with Crippen LogP contribution in [0.1, 0.15) is 72.7 Å². The SMILES string of the molecule is CC(C)(C)[S+]([O-])N[C@H](Cc1cc(F)c(F)cc1F)C1CC2CCC(C1)N2S(=O)(=O)CCN1C(=O)c2ccccc2C1=O. The fourth-order valence-electron chi connectivity index (χ4n) is 6.29. The van der Waals surface area contributed by atoms with E-state index in [1.165, 1.54) is 4.31 Å². The highest BCUT2D eigenvalue weighted by Gasteiger charge is 2.49. The quantitative estimate of drug-likeness (QED) is 0.257. The topological polar surface area (TPSA) is 110 Å². The van der Waals surface area contributed by atoms with Crippen LogP contribution in [0.4, 0.5) is 13.2 Å². The highest BCUT2D eigenvalue weighted by molar-refractivity contribution is 7.90. The first-order valence-corrected chi connectivity index (χ1v) is 16.7. The Morgan fingerprint density at radius 1 is 0.976 bits per heavy atom. The maximum atomic E-state index is 14.6. The summed E-state index contributed by atoms with van der Waals surface area (Å²) in [6.07, 6.45) is 1.94. The van der Waals surface area contributed by atoms with Crippen molar-refractivity contribution in [1.82, 2.24) is 13.9 Å². The third kappa shape index (κ3) is 5.99. The molecule has 0 aliphatic carbocycles. The van der Waals surface area contributed by atoms with E-state index in [2.05, 4.69) is 4.72 Å². The van der Waals surface area contributed by atoms with Gasteiger partial charge in [0.1, 0.15) is 10.6 Å². The monoisotopic (exact) mass is 625 g/mol. The molecule has 0 saturated carbocycles. The van der Waals surface area contributed by atoms with Gasteiger partial charge in [-0.2, -0.15) is 4.31 Å². The molecule has 1 N–H and O–H groups in total. The largest absolute Gasteiger partial charge is 0.598 e. The van der Waals surface area contributed by atoms with Gasteiger partial charge in [-0.1, -0.05) is 12.1 Å². The van der Waals surface area contributed by atoms with Gasteiger partial charge in [0.2, 0.25) is 10.0 Å². The number of carbonyl (C=O) groups is 2. The van der Waals surface area contributed by atoms with Crippen LogP contribution in [0.2, 0.25) is 0 Å². The van der Waals surface area contributed by atoms with Gasteiger partial charge < -0.3 is 4.55 Å². The van der Waals surface area contributed by atoms with Crippen LogP contribution >= 0.6 is 0 Å². The van der Waals surface area contributed by atoms with Crippen molar-refractivity contribution in [3.05, 3.63) is 70.5 Å². The average Bonchev–Trinajstić information content (AvgIpc) is 3.34. The minimum Gasteiger partial charge on any atom is -0.598 e. The summed E-state index contributed by atoms with van der Waals surface area (Å²) >= 11 is -1.56. The highest BCUT2D eigenvalue weighted by atomic mass is 32.2. The minimum absolute atomic E-state index is 0.0541. The standard InChI is InChI=1S/C29H34F3N3O5S2/c1-29(2,3)41(38)33-26(15-17-14-24(31)25(32)16-23(17)30)18-12-19-8-9-20(13-18)35(19)42(39,40)11-10-34-27(36)21-6-4-5-7-22(21)28(34)37/h4-7,14,16,18-20,26,33H,8-13,15H2,1-3H3/t18?,19?,20?,26-,41?/m1/s1. The Kier molecular flexibility index (Phi) is 8.53. The zero-order valence-corrected chi connectivity index (χ0v) is 25.2. The summed E-state index contributed by atoms with van der Waals surface area (Å²) in [5, 5.41) is 0. The lowest BCUT2D eigenvalue weighted by Crippen LogP contribution is -2.54. The predicted molar refractivity (Wildman–Crippen MR) is 152 cm³/mol. The second-order valence-corrected chi connectivity index (χ2v) is 16.2. The van der Waals surface area contributed by atoms with Gasteiger partial charge >= 0.3 is 0 Å². The summed E-state index contributed by atoms with van der Waals surface area (Å²) in [7, 11) is -3.86. The van der Waals surface area contributed by atoms with E-state index in [-0.39, 0.29) is 47.7 Å². The molecule has 8 nitrogen and oxygen atoms in total. The number of fused-ring (bicyclic) bond motifs is 3. The molecular formula is C29H34F3N3O5S2. The molecule has 2 bridgehead atoms. The number of benzene rings is 2. The van der Waals surface area contributed by atoms with E-state index < -0.39 is 67.2 Å². The fraction of sp³-hybridized carbons (Fsp3) is 0.517. The Labute approximate surface area is 247 Å². The summed E-state index contributed by atoms with van der Waals surface area (Å²) in [4.78, 5) is 26.4. The van der Waals surface area contributed by atoms with E-state index in [9.17, 15) is 35.7 Å². The van der Waals surface area contributed by atoms with Gasteiger partial charge in [-0.3, -0.25) is 14.5 Å². The van der Waals surface area contributed by atoms with E-state index in [1.807, 2.05) is 0 Å². The number of hydrogen-bond acceptors (Lipinski definition) is 6. The number of piperidine rings is 1. The summed E-state index contributed by atoms with van der Waals surface area (Å²) in [6.45, 7) is 5.06. The smallest absolute Gasteiger partial charge is 0.261 e. The number of sulfonamides is 1. The average molecular weight is 626 g/mol. The Morgan fingerprint density at radius 2 is 1.52 bits per heavy atom. The van der Waals surface area contributed by atoms with Gasteiger partial charge in [0.05, 0.1) is 22.9 Å². The predicted octanol–water partition coefficient (Wildman–Crippen LogP) is 3.94. The second kappa shape index (κ2) is 11.6. The van der Waals surface area contributed by atoms with Gasteiger partial charge in [0.25, 0.3) is 11.8 Å². The Morgan fingerprint density at radius 3 is 2.07 bits per heavy atom. The van der Waals surface area contributed by atoms with Crippen LogP contribution in [0.25, 0.3) is 0 Å². The first kappa shape index (κ1) is 31.0. The van der Waals surface area contributed by atoms with Crippen molar-refractivity contribution in [2.24, 2.45) is 5.92 Å². The van der Waals surface area contributed by atoms with Crippen molar-refractivity contribution in [3.8, 4) is 0 Å². The third-order valence-electron chi connectivity index (χ3n) is 8.39. The molecule has 0 spiro atoms. The number of imide groups is 1. The van der Waals surface area contributed by atoms with Gasteiger partial charge in [-0.25, -0.2) is 21.6 Å². The second-order valence-electron chi connectivity index (χ2n) is 12.2. The summed E-state index contributed by atoms with van der Waals surface area (Å²) in [6, 6.07) is 6.35. The molecule has 2 aromatic rings. The molecule has 2 aromatic carbocycles. The number of carbonyl (C=O) groups excluding carboxylic acids is 2. The normalized spacial score (nSPS) is 24.3. The highest BCUT2D eigenvalue weighted by Crippen LogP contribution is 2.43. The van der Waals surface area contributed by atoms with Crippen molar-refractivity contribution in [2.45, 2.75) is 75.7 Å². The Balaban J connectivity index is 1.31. The summed E-state index contributed by atoms with van der Waals surface area (Å²) in [5.41, 5.74) is 0.453. The van der Waals surface area contributed by atoms with Crippen molar-refractivity contribution in [1.29, 1.82) is 0 Å². The van der Waals surface area contributed by atoms with Crippen molar-refractivity contribution in [3.63, 3.8) is 0 Å². The molecule has 3 aliphatic heterocycles. The van der Waals surface area contributed by atoms with Crippen molar-refractivity contribution < 1.29 is 35.7 Å². The van der Waals surface area contributed by atoms with E-state index >= 15 is 0 Å². The van der Waals surface area contributed by atoms with Gasteiger partial charge in [-0.05, 0) is 82.6 Å². The Hall–Kier alpha value is -2.45. The van der Waals surface area contributed by atoms with Gasteiger partial charge in [-0.15, -0.1) is 4.72 Å². The summed E-state index contributed by atoms with van der Waals surface area (Å²) in [5.74, 6) is -5.04. The lowest BCUT2D eigenvalue weighted by Gasteiger charge is -2.41. The van der Waals surface area contributed by atoms with Crippen LogP contribution in [0.15, 0.2) is 36.4 Å². The summed E-state index contributed by atoms with van der Waals surface area (Å²) < 4.78 is 86.3. The van der Waals surface area contributed by atoms with Crippen LogP contribution in [0, 0.1) is 23.4 Å². The molecule has 3 unspecified atom stereocenters. The van der Waals surface area contributed by atoms with Crippen LogP contribution in [0.3, 0.4) is 0 Å². The molecule has 2 saturated heterocycles. The minimum atomic E-state index is -3.86. The van der Waals surface area contributed by atoms with Crippen LogP contribution in [-0.4, -0.2) is 69.2 Å². The lowest BCUT2D eigenvalue weighted by atomic mass is 9.83. The molecule has 228 valence electrons. The number of rotatable bonds is 9. The molecular weight excluding hydrogens is 591 g/mol. The number of amides is 2. The van der Waals surface area contributed by atoms with E-state index in [0.717, 1.165) is 11.0 Å². The zero-order chi connectivity index (χ0) is 30.6. The number of nitrogens with zero attached hydrogens (tertiary/aromatic N) is 2. The molecule has 0 radical (unpaired) electrons. The van der Waals surface area contributed by atoms with Crippen LogP contribution in [-0.2, 0) is 27.8 Å². The van der Waals surface area contributed by atoms with Gasteiger partial charge in [0, 0.05) is 36.1 Å². The van der Waals surface area contributed by atoms with E-state index in [0.29, 0.717) is 31.7 Å². The van der Waals surface area contributed by atoms with Crippen LogP contribution in [0.5, 0.6) is 0 Å². The third-order valence-corrected chi connectivity index (χ3v) is 12.0. The van der Waals surface area contributed by atoms with Gasteiger partial charge in [0.15, 0.2) is 11.6 Å². The number of halogens is 3. The molecule has 13 heteroatoms. The molecule has 0 aromatic heterocycles. The molecule has 4 atom stereocenters. The molecule has 42 heavy (non-hydrogen) atoms. The number of nitrogens with one attached hydrogen (secondary N) is 1. The number of hydrogen-bond donors (Lipinski definition) is 1. The fourth-order valence-corrected chi connectivity index (χ4v) is 9.11. The maximum Gasteiger partial charge on any atom is 0.261 e. The first-order valence-electron chi connectivity index (χ1n) is 13.9. The van der Waals surface area contributed by atoms with Crippen molar-refractivity contribution >= 4 is 33.2 Å². The molecule has 5 rings (SSSR count). The van der Waals surface area contributed by atoms with Crippen LogP contribution < -0.4 is 4.72 Å². The molecule has 2 amide bonds. The van der Waals surface area contributed by atoms with Crippen molar-refractivity contribution in [2.75, 3.05) is 12.3 Å². The maximum absolute atomic E-state index is 14.6. The first-order chi connectivity index (χ1) is 19.7. The zero-order valence-electron chi connectivity index (χ0n) is 23.6. The molecule has 3 heterocycles.